The molecule has 2 amide bonds. The number of urea groups is 1. The molecule has 0 radical (unpaired) electrons. The molecule has 6 heteroatoms. The second-order valence-corrected chi connectivity index (χ2v) is 5.04. The van der Waals surface area contributed by atoms with Crippen molar-refractivity contribution in [1.82, 2.24) is 10.2 Å². The lowest BCUT2D eigenvalue weighted by atomic mass is 9.98. The number of aliphatic carboxylic acids is 1. The van der Waals surface area contributed by atoms with Gasteiger partial charge in [-0.2, -0.15) is 0 Å². The molecule has 1 heterocycles. The third-order valence-corrected chi connectivity index (χ3v) is 3.46. The van der Waals surface area contributed by atoms with Gasteiger partial charge in [0.25, 0.3) is 0 Å². The summed E-state index contributed by atoms with van der Waals surface area (Å²) in [4.78, 5) is 24.7. The van der Waals surface area contributed by atoms with Crippen molar-refractivity contribution in [3.05, 3.63) is 0 Å². The van der Waals surface area contributed by atoms with E-state index in [1.165, 1.54) is 6.92 Å². The number of amides is 2. The summed E-state index contributed by atoms with van der Waals surface area (Å²) in [6.45, 7) is 5.25. The average Bonchev–Trinajstić information content (AvgIpc) is 2.24. The van der Waals surface area contributed by atoms with Gasteiger partial charge in [-0.05, 0) is 40.0 Å². The van der Waals surface area contributed by atoms with Crippen LogP contribution in [0.1, 0.15) is 40.0 Å². The Morgan fingerprint density at radius 2 is 1.78 bits per heavy atom. The summed E-state index contributed by atoms with van der Waals surface area (Å²) < 4.78 is 0. The molecule has 1 aliphatic heterocycles. The number of aliphatic hydroxyl groups is 1. The van der Waals surface area contributed by atoms with Crippen molar-refractivity contribution in [3.63, 3.8) is 0 Å². The predicted molar refractivity (Wildman–Crippen MR) is 66.3 cm³/mol. The number of hydrogen-bond donors (Lipinski definition) is 3. The molecule has 0 bridgehead atoms. The lowest BCUT2D eigenvalue weighted by Crippen LogP contribution is -2.57. The van der Waals surface area contributed by atoms with Gasteiger partial charge in [-0.25, -0.2) is 9.59 Å². The molecule has 0 aromatic rings. The van der Waals surface area contributed by atoms with E-state index in [0.717, 1.165) is 19.3 Å². The summed E-state index contributed by atoms with van der Waals surface area (Å²) in [5.41, 5.74) is 0. The van der Waals surface area contributed by atoms with Crippen LogP contribution in [0, 0.1) is 0 Å². The van der Waals surface area contributed by atoms with Crippen LogP contribution in [0.5, 0.6) is 0 Å². The molecule has 18 heavy (non-hydrogen) atoms. The number of aliphatic hydroxyl groups excluding tert-OH is 1. The fourth-order valence-corrected chi connectivity index (χ4v) is 2.42. The number of carbonyl (C=O) groups excluding carboxylic acids is 1. The number of rotatable bonds is 3. The number of likely N-dealkylation sites (tertiary alicyclic amines) is 1. The molecule has 1 saturated heterocycles. The van der Waals surface area contributed by atoms with Gasteiger partial charge in [0.05, 0.1) is 6.10 Å². The zero-order valence-electron chi connectivity index (χ0n) is 11.1. The summed E-state index contributed by atoms with van der Waals surface area (Å²) in [7, 11) is 0. The Bertz CT molecular complexity index is 309. The van der Waals surface area contributed by atoms with E-state index < -0.39 is 24.1 Å². The highest BCUT2D eigenvalue weighted by molar-refractivity contribution is 5.83. The van der Waals surface area contributed by atoms with E-state index in [-0.39, 0.29) is 12.1 Å². The molecular weight excluding hydrogens is 236 g/mol. The Hall–Kier alpha value is -1.30. The molecule has 1 fully saturated rings. The van der Waals surface area contributed by atoms with Crippen molar-refractivity contribution in [2.45, 2.75) is 64.3 Å². The van der Waals surface area contributed by atoms with Gasteiger partial charge in [0.1, 0.15) is 0 Å². The Balaban J connectivity index is 2.70. The monoisotopic (exact) mass is 258 g/mol. The summed E-state index contributed by atoms with van der Waals surface area (Å²) in [5, 5.41) is 20.7. The third-order valence-electron chi connectivity index (χ3n) is 3.46. The molecule has 0 spiro atoms. The van der Waals surface area contributed by atoms with Gasteiger partial charge in [0, 0.05) is 12.1 Å². The highest BCUT2D eigenvalue weighted by Gasteiger charge is 2.32. The SMILES string of the molecule is CC1CCCC(C)N1C(=O)N[C@H](C(=O)O)[C@@H](C)O. The summed E-state index contributed by atoms with van der Waals surface area (Å²) in [6.07, 6.45) is 1.79. The first kappa shape index (κ1) is 14.8. The van der Waals surface area contributed by atoms with Crippen molar-refractivity contribution < 1.29 is 19.8 Å². The Kier molecular flexibility index (Phi) is 4.95. The maximum absolute atomic E-state index is 12.1. The van der Waals surface area contributed by atoms with Crippen LogP contribution >= 0.6 is 0 Å². The van der Waals surface area contributed by atoms with Gasteiger partial charge in [0.2, 0.25) is 0 Å². The van der Waals surface area contributed by atoms with Crippen LogP contribution in [0.3, 0.4) is 0 Å². The van der Waals surface area contributed by atoms with E-state index >= 15 is 0 Å². The highest BCUT2D eigenvalue weighted by Crippen LogP contribution is 2.22. The van der Waals surface area contributed by atoms with Crippen molar-refractivity contribution >= 4 is 12.0 Å². The number of nitrogens with one attached hydrogen (secondary N) is 1. The number of hydrogen-bond acceptors (Lipinski definition) is 3. The summed E-state index contributed by atoms with van der Waals surface area (Å²) >= 11 is 0. The lowest BCUT2D eigenvalue weighted by molar-refractivity contribution is -0.141. The molecule has 1 rings (SSSR count). The van der Waals surface area contributed by atoms with Gasteiger partial charge < -0.3 is 20.4 Å². The first-order valence-electron chi connectivity index (χ1n) is 6.34. The van der Waals surface area contributed by atoms with Crippen molar-refractivity contribution in [3.8, 4) is 0 Å². The highest BCUT2D eigenvalue weighted by atomic mass is 16.4. The van der Waals surface area contributed by atoms with Crippen LogP contribution in [-0.2, 0) is 4.79 Å². The zero-order chi connectivity index (χ0) is 13.9. The topological polar surface area (TPSA) is 89.9 Å². The van der Waals surface area contributed by atoms with Gasteiger partial charge in [-0.1, -0.05) is 0 Å². The molecule has 6 nitrogen and oxygen atoms in total. The molecule has 0 aliphatic carbocycles. The molecular formula is C12H22N2O4. The second-order valence-electron chi connectivity index (χ2n) is 5.04. The molecule has 0 saturated carbocycles. The quantitative estimate of drug-likeness (QED) is 0.698. The lowest BCUT2D eigenvalue weighted by Gasteiger charge is -2.39. The van der Waals surface area contributed by atoms with E-state index in [9.17, 15) is 14.7 Å². The smallest absolute Gasteiger partial charge is 0.328 e. The number of carboxylic acid groups (broad SMARTS) is 1. The van der Waals surface area contributed by atoms with Gasteiger partial charge in [-0.15, -0.1) is 0 Å². The number of carbonyl (C=O) groups is 2. The molecule has 0 aromatic heterocycles. The number of nitrogens with zero attached hydrogens (tertiary/aromatic N) is 1. The fourth-order valence-electron chi connectivity index (χ4n) is 2.42. The zero-order valence-corrected chi connectivity index (χ0v) is 11.1. The molecule has 0 aromatic carbocycles. The van der Waals surface area contributed by atoms with Gasteiger partial charge in [-0.3, -0.25) is 0 Å². The molecule has 2 unspecified atom stereocenters. The average molecular weight is 258 g/mol. The Labute approximate surface area is 107 Å². The van der Waals surface area contributed by atoms with Crippen molar-refractivity contribution in [2.24, 2.45) is 0 Å². The van der Waals surface area contributed by atoms with Gasteiger partial charge >= 0.3 is 12.0 Å². The van der Waals surface area contributed by atoms with E-state index in [0.29, 0.717) is 0 Å². The van der Waals surface area contributed by atoms with Crippen LogP contribution < -0.4 is 5.32 Å². The fraction of sp³-hybridized carbons (Fsp3) is 0.833. The predicted octanol–water partition coefficient (Wildman–Crippen LogP) is 0.793. The first-order valence-corrected chi connectivity index (χ1v) is 6.34. The minimum absolute atomic E-state index is 0.0946. The Morgan fingerprint density at radius 3 is 2.17 bits per heavy atom. The van der Waals surface area contributed by atoms with Crippen LogP contribution in [0.25, 0.3) is 0 Å². The maximum atomic E-state index is 12.1. The summed E-state index contributed by atoms with van der Waals surface area (Å²) in [6, 6.07) is -1.49. The third kappa shape index (κ3) is 3.35. The van der Waals surface area contributed by atoms with E-state index in [2.05, 4.69) is 5.32 Å². The maximum Gasteiger partial charge on any atom is 0.328 e. The second kappa shape index (κ2) is 6.04. The minimum Gasteiger partial charge on any atom is -0.480 e. The number of piperidine rings is 1. The van der Waals surface area contributed by atoms with Crippen LogP contribution in [-0.4, -0.2) is 51.3 Å². The van der Waals surface area contributed by atoms with Crippen LogP contribution in [0.4, 0.5) is 4.79 Å². The van der Waals surface area contributed by atoms with E-state index in [1.807, 2.05) is 13.8 Å². The van der Waals surface area contributed by atoms with E-state index in [1.54, 1.807) is 4.90 Å². The minimum atomic E-state index is -1.26. The summed E-state index contributed by atoms with van der Waals surface area (Å²) in [5.74, 6) is -1.23. The molecule has 4 atom stereocenters. The van der Waals surface area contributed by atoms with Gasteiger partial charge in [0.15, 0.2) is 6.04 Å². The van der Waals surface area contributed by atoms with Crippen molar-refractivity contribution in [1.29, 1.82) is 0 Å². The van der Waals surface area contributed by atoms with Crippen LogP contribution in [0.15, 0.2) is 0 Å². The molecule has 104 valence electrons. The number of carboxylic acids is 1. The first-order chi connectivity index (χ1) is 8.34. The normalized spacial score (nSPS) is 27.4. The molecule has 3 N–H and O–H groups in total. The molecule has 1 aliphatic rings. The van der Waals surface area contributed by atoms with E-state index in [4.69, 9.17) is 5.11 Å². The largest absolute Gasteiger partial charge is 0.480 e. The standard InChI is InChI=1S/C12H22N2O4/c1-7-5-4-6-8(2)14(7)12(18)13-10(9(3)15)11(16)17/h7-10,15H,4-6H2,1-3H3,(H,13,18)(H,16,17)/t7?,8?,9-,10+/m1/s1. The Morgan fingerprint density at radius 1 is 1.28 bits per heavy atom. The van der Waals surface area contributed by atoms with Crippen molar-refractivity contribution in [2.75, 3.05) is 0 Å². The van der Waals surface area contributed by atoms with Crippen LogP contribution in [0.2, 0.25) is 0 Å².